The summed E-state index contributed by atoms with van der Waals surface area (Å²) in [5.41, 5.74) is 3.29. The van der Waals surface area contributed by atoms with Crippen LogP contribution < -0.4 is 0 Å². The third kappa shape index (κ3) is 2.04. The molecule has 0 N–H and O–H groups in total. The van der Waals surface area contributed by atoms with E-state index in [-0.39, 0.29) is 0 Å². The summed E-state index contributed by atoms with van der Waals surface area (Å²) in [6, 6.07) is 17.7. The molecule has 3 nitrogen and oxygen atoms in total. The summed E-state index contributed by atoms with van der Waals surface area (Å²) in [6.45, 7) is 2.02. The van der Waals surface area contributed by atoms with Crippen LogP contribution in [0.1, 0.15) is 11.3 Å². The molecule has 3 heteroatoms. The van der Waals surface area contributed by atoms with E-state index in [9.17, 15) is 5.26 Å². The zero-order chi connectivity index (χ0) is 13.2. The highest BCUT2D eigenvalue weighted by atomic mass is 14.9. The summed E-state index contributed by atoms with van der Waals surface area (Å²) < 4.78 is 0. The van der Waals surface area contributed by atoms with Gasteiger partial charge in [-0.3, -0.25) is 0 Å². The fraction of sp³-hybridized carbons (Fsp3) is 0.0625. The largest absolute Gasteiger partial charge is 0.228 e. The number of fused-ring (bicyclic) bond motifs is 1. The molecular weight excluding hydrogens is 234 g/mol. The minimum Gasteiger partial charge on any atom is -0.228 e. The molecule has 0 fully saturated rings. The second-order valence-corrected chi connectivity index (χ2v) is 4.39. The topological polar surface area (TPSA) is 49.6 Å². The lowest BCUT2D eigenvalue weighted by molar-refractivity contribution is 1.19. The van der Waals surface area contributed by atoms with Crippen LogP contribution in [0.5, 0.6) is 0 Å². The number of aryl methyl sites for hydroxylation is 1. The molecule has 0 radical (unpaired) electrons. The predicted molar refractivity (Wildman–Crippen MR) is 74.4 cm³/mol. The molecule has 0 amide bonds. The molecule has 19 heavy (non-hydrogen) atoms. The van der Waals surface area contributed by atoms with Crippen molar-refractivity contribution in [1.29, 1.82) is 5.26 Å². The van der Waals surface area contributed by atoms with Crippen LogP contribution in [0.3, 0.4) is 0 Å². The second-order valence-electron chi connectivity index (χ2n) is 4.39. The van der Waals surface area contributed by atoms with E-state index in [4.69, 9.17) is 0 Å². The Morgan fingerprint density at radius 1 is 1.00 bits per heavy atom. The Labute approximate surface area is 111 Å². The Morgan fingerprint density at radius 3 is 2.63 bits per heavy atom. The molecule has 0 saturated carbocycles. The molecule has 90 valence electrons. The van der Waals surface area contributed by atoms with Crippen molar-refractivity contribution < 1.29 is 0 Å². The molecule has 3 aromatic rings. The third-order valence-corrected chi connectivity index (χ3v) is 2.99. The van der Waals surface area contributed by atoms with Gasteiger partial charge in [-0.15, -0.1) is 0 Å². The minimum atomic E-state index is 0.419. The van der Waals surface area contributed by atoms with Gasteiger partial charge in [-0.2, -0.15) is 5.26 Å². The lowest BCUT2D eigenvalue weighted by Crippen LogP contribution is -1.95. The minimum absolute atomic E-state index is 0.419. The monoisotopic (exact) mass is 245 g/mol. The molecule has 0 bridgehead atoms. The summed E-state index contributed by atoms with van der Waals surface area (Å²) >= 11 is 0. The molecule has 0 spiro atoms. The fourth-order valence-electron chi connectivity index (χ4n) is 2.08. The van der Waals surface area contributed by atoms with E-state index in [1.54, 1.807) is 0 Å². The maximum atomic E-state index is 9.22. The van der Waals surface area contributed by atoms with E-state index in [1.807, 2.05) is 55.5 Å². The van der Waals surface area contributed by atoms with E-state index in [0.717, 1.165) is 22.0 Å². The van der Waals surface area contributed by atoms with Crippen molar-refractivity contribution in [2.45, 2.75) is 6.92 Å². The summed E-state index contributed by atoms with van der Waals surface area (Å²) in [6.07, 6.45) is 0. The van der Waals surface area contributed by atoms with Crippen molar-refractivity contribution in [1.82, 2.24) is 9.97 Å². The Balaban J connectivity index is 2.29. The average molecular weight is 245 g/mol. The van der Waals surface area contributed by atoms with E-state index >= 15 is 0 Å². The Bertz CT molecular complexity index is 800. The van der Waals surface area contributed by atoms with Crippen LogP contribution in [0, 0.1) is 18.3 Å². The number of hydrogen-bond acceptors (Lipinski definition) is 3. The summed E-state index contributed by atoms with van der Waals surface area (Å²) in [5, 5.41) is 10.0. The molecule has 2 aromatic carbocycles. The number of rotatable bonds is 1. The van der Waals surface area contributed by atoms with Gasteiger partial charge in [0.2, 0.25) is 0 Å². The standard InChI is InChI=1S/C16H11N3/c1-11-5-4-6-12(9-11)16-18-14-8-3-2-7-13(14)15(10-17)19-16/h2-9H,1H3. The lowest BCUT2D eigenvalue weighted by atomic mass is 10.1. The van der Waals surface area contributed by atoms with Crippen LogP contribution in [0.25, 0.3) is 22.3 Å². The molecule has 3 rings (SSSR count). The summed E-state index contributed by atoms with van der Waals surface area (Å²) in [4.78, 5) is 8.89. The second kappa shape index (κ2) is 4.51. The van der Waals surface area contributed by atoms with Gasteiger partial charge in [-0.25, -0.2) is 9.97 Å². The number of aromatic nitrogens is 2. The number of hydrogen-bond donors (Lipinski definition) is 0. The Hall–Kier alpha value is -2.73. The van der Waals surface area contributed by atoms with Crippen molar-refractivity contribution in [3.05, 3.63) is 59.8 Å². The molecule has 1 aromatic heterocycles. The van der Waals surface area contributed by atoms with Gasteiger partial charge in [-0.05, 0) is 25.1 Å². The van der Waals surface area contributed by atoms with Crippen LogP contribution >= 0.6 is 0 Å². The van der Waals surface area contributed by atoms with Gasteiger partial charge in [0.15, 0.2) is 11.5 Å². The van der Waals surface area contributed by atoms with Crippen molar-refractivity contribution in [3.8, 4) is 17.5 Å². The van der Waals surface area contributed by atoms with E-state index in [1.165, 1.54) is 0 Å². The molecule has 1 heterocycles. The Kier molecular flexibility index (Phi) is 2.70. The van der Waals surface area contributed by atoms with Gasteiger partial charge in [0.05, 0.1) is 5.52 Å². The first kappa shape index (κ1) is 11.4. The third-order valence-electron chi connectivity index (χ3n) is 2.99. The fourth-order valence-corrected chi connectivity index (χ4v) is 2.08. The summed E-state index contributed by atoms with van der Waals surface area (Å²) in [5.74, 6) is 0.596. The van der Waals surface area contributed by atoms with E-state index < -0.39 is 0 Å². The average Bonchev–Trinajstić information content (AvgIpc) is 2.46. The van der Waals surface area contributed by atoms with Gasteiger partial charge in [0.25, 0.3) is 0 Å². The van der Waals surface area contributed by atoms with Gasteiger partial charge >= 0.3 is 0 Å². The quantitative estimate of drug-likeness (QED) is 0.659. The van der Waals surface area contributed by atoms with Crippen molar-refractivity contribution in [2.75, 3.05) is 0 Å². The number of nitrogens with zero attached hydrogens (tertiary/aromatic N) is 3. The highest BCUT2D eigenvalue weighted by molar-refractivity contribution is 5.84. The first-order valence-corrected chi connectivity index (χ1v) is 6.02. The highest BCUT2D eigenvalue weighted by Crippen LogP contribution is 2.21. The SMILES string of the molecule is Cc1cccc(-c2nc(C#N)c3ccccc3n2)c1. The zero-order valence-corrected chi connectivity index (χ0v) is 10.5. The molecule has 0 atom stereocenters. The van der Waals surface area contributed by atoms with Gasteiger partial charge in [0, 0.05) is 10.9 Å². The zero-order valence-electron chi connectivity index (χ0n) is 10.5. The van der Waals surface area contributed by atoms with Crippen molar-refractivity contribution in [2.24, 2.45) is 0 Å². The van der Waals surface area contributed by atoms with Crippen LogP contribution in [-0.4, -0.2) is 9.97 Å². The molecule has 0 unspecified atom stereocenters. The Morgan fingerprint density at radius 2 is 1.84 bits per heavy atom. The van der Waals surface area contributed by atoms with Crippen molar-refractivity contribution in [3.63, 3.8) is 0 Å². The molecule has 0 aliphatic heterocycles. The smallest absolute Gasteiger partial charge is 0.161 e. The normalized spacial score (nSPS) is 10.3. The molecule has 0 saturated heterocycles. The maximum Gasteiger partial charge on any atom is 0.161 e. The van der Waals surface area contributed by atoms with E-state index in [0.29, 0.717) is 11.5 Å². The van der Waals surface area contributed by atoms with Gasteiger partial charge in [-0.1, -0.05) is 35.9 Å². The predicted octanol–water partition coefficient (Wildman–Crippen LogP) is 3.48. The van der Waals surface area contributed by atoms with Crippen molar-refractivity contribution >= 4 is 10.9 Å². The van der Waals surface area contributed by atoms with Crippen LogP contribution in [0.4, 0.5) is 0 Å². The van der Waals surface area contributed by atoms with E-state index in [2.05, 4.69) is 16.0 Å². The number of nitriles is 1. The molecular formula is C16H11N3. The van der Waals surface area contributed by atoms with Crippen LogP contribution in [0.2, 0.25) is 0 Å². The summed E-state index contributed by atoms with van der Waals surface area (Å²) in [7, 11) is 0. The number of para-hydroxylation sites is 1. The lowest BCUT2D eigenvalue weighted by Gasteiger charge is -2.05. The van der Waals surface area contributed by atoms with Gasteiger partial charge < -0.3 is 0 Å². The first-order valence-electron chi connectivity index (χ1n) is 6.02. The maximum absolute atomic E-state index is 9.22. The first-order chi connectivity index (χ1) is 9.28. The van der Waals surface area contributed by atoms with Crippen LogP contribution in [-0.2, 0) is 0 Å². The number of benzene rings is 2. The van der Waals surface area contributed by atoms with Gasteiger partial charge in [0.1, 0.15) is 6.07 Å². The molecule has 0 aliphatic rings. The molecule has 0 aliphatic carbocycles. The van der Waals surface area contributed by atoms with Crippen LogP contribution in [0.15, 0.2) is 48.5 Å². The highest BCUT2D eigenvalue weighted by Gasteiger charge is 2.08.